The van der Waals surface area contributed by atoms with Crippen LogP contribution in [0.1, 0.15) is 46.5 Å². The number of hydrogen-bond acceptors (Lipinski definition) is 9. The highest BCUT2D eigenvalue weighted by atomic mass is 32.2. The fourth-order valence-corrected chi connectivity index (χ4v) is 5.74. The number of sulfonamides is 1. The molecule has 1 saturated heterocycles. The van der Waals surface area contributed by atoms with Crippen molar-refractivity contribution in [2.24, 2.45) is 11.3 Å². The molecule has 1 heterocycles. The van der Waals surface area contributed by atoms with Crippen LogP contribution in [0.4, 0.5) is 4.79 Å². The minimum atomic E-state index is -3.85. The summed E-state index contributed by atoms with van der Waals surface area (Å²) in [5, 5.41) is 13.7. The zero-order valence-electron chi connectivity index (χ0n) is 20.8. The summed E-state index contributed by atoms with van der Waals surface area (Å²) in [5.41, 5.74) is -2.30. The predicted molar refractivity (Wildman–Crippen MR) is 126 cm³/mol. The number of nitrogens with zero attached hydrogens (tertiary/aromatic N) is 1. The van der Waals surface area contributed by atoms with Gasteiger partial charge in [-0.15, -0.1) is 6.58 Å². The molecule has 4 amide bonds. The average molecular weight is 531 g/mol. The van der Waals surface area contributed by atoms with Crippen molar-refractivity contribution < 1.29 is 42.5 Å². The maximum atomic E-state index is 13.5. The normalized spacial score (nSPS) is 28.6. The summed E-state index contributed by atoms with van der Waals surface area (Å²) >= 11 is 0. The first-order chi connectivity index (χ1) is 16.7. The van der Waals surface area contributed by atoms with E-state index in [1.165, 1.54) is 11.0 Å². The number of ether oxygens (including phenoxy) is 1. The van der Waals surface area contributed by atoms with E-state index in [0.717, 1.165) is 7.11 Å². The van der Waals surface area contributed by atoms with Crippen LogP contribution in [-0.2, 0) is 34.0 Å². The standard InChI is InChI=1S/C22H34N4O9S/c1-6-12-10-22(12,19(29)25-36(32,33)14-7-8-14)24-17(27)15-9-13(35-31)11-26(15)18(28)16(21(2,3)4)23-20(30)34-5/h6,12-16,31H,1,7-11H2,2-5H3,(H,23,30)(H,24,27)(H,25,29). The van der Waals surface area contributed by atoms with E-state index >= 15 is 0 Å². The topological polar surface area (TPSA) is 180 Å². The lowest BCUT2D eigenvalue weighted by molar-refractivity contribution is -0.274. The summed E-state index contributed by atoms with van der Waals surface area (Å²) in [5.74, 6) is -2.71. The van der Waals surface area contributed by atoms with Crippen molar-refractivity contribution in [2.45, 2.75) is 75.4 Å². The van der Waals surface area contributed by atoms with Crippen molar-refractivity contribution in [3.8, 4) is 0 Å². The molecular formula is C22H34N4O9S. The van der Waals surface area contributed by atoms with Crippen molar-refractivity contribution in [3.63, 3.8) is 0 Å². The summed E-state index contributed by atoms with van der Waals surface area (Å²) in [6.07, 6.45) is 0.711. The third-order valence-corrected chi connectivity index (χ3v) is 8.63. The van der Waals surface area contributed by atoms with Gasteiger partial charge in [-0.1, -0.05) is 26.8 Å². The average Bonchev–Trinajstić information content (AvgIpc) is 3.72. The van der Waals surface area contributed by atoms with Crippen LogP contribution in [0.15, 0.2) is 12.7 Å². The van der Waals surface area contributed by atoms with Gasteiger partial charge >= 0.3 is 6.09 Å². The third-order valence-electron chi connectivity index (χ3n) is 6.81. The Bertz CT molecular complexity index is 1040. The van der Waals surface area contributed by atoms with E-state index in [4.69, 9.17) is 0 Å². The molecule has 0 aromatic carbocycles. The van der Waals surface area contributed by atoms with E-state index in [1.807, 2.05) is 0 Å². The number of methoxy groups -OCH3 is 1. The summed E-state index contributed by atoms with van der Waals surface area (Å²) < 4.78 is 31.3. The Morgan fingerprint density at radius 3 is 2.33 bits per heavy atom. The van der Waals surface area contributed by atoms with E-state index < -0.39 is 74.1 Å². The molecule has 36 heavy (non-hydrogen) atoms. The summed E-state index contributed by atoms with van der Waals surface area (Å²) in [6, 6.07) is -2.24. The second kappa shape index (κ2) is 9.98. The highest BCUT2D eigenvalue weighted by Gasteiger charge is 2.62. The van der Waals surface area contributed by atoms with Gasteiger partial charge in [0, 0.05) is 12.3 Å². The molecule has 13 nitrogen and oxygen atoms in total. The lowest BCUT2D eigenvalue weighted by atomic mass is 9.85. The molecule has 2 saturated carbocycles. The van der Waals surface area contributed by atoms with Crippen LogP contribution < -0.4 is 15.4 Å². The molecule has 2 aliphatic carbocycles. The first-order valence-corrected chi connectivity index (χ1v) is 13.2. The fraction of sp³-hybridized carbons (Fsp3) is 0.727. The van der Waals surface area contributed by atoms with Crippen LogP contribution in [0.25, 0.3) is 0 Å². The highest BCUT2D eigenvalue weighted by Crippen LogP contribution is 2.45. The monoisotopic (exact) mass is 530 g/mol. The van der Waals surface area contributed by atoms with Gasteiger partial charge in [-0.25, -0.2) is 18.1 Å². The Kier molecular flexibility index (Phi) is 7.72. The van der Waals surface area contributed by atoms with Gasteiger partial charge in [0.25, 0.3) is 5.91 Å². The number of amides is 4. The molecule has 5 atom stereocenters. The van der Waals surface area contributed by atoms with Crippen LogP contribution in [0, 0.1) is 11.3 Å². The Morgan fingerprint density at radius 2 is 1.86 bits per heavy atom. The number of carbonyl (C=O) groups is 4. The van der Waals surface area contributed by atoms with Crippen LogP contribution in [0.2, 0.25) is 0 Å². The zero-order valence-corrected chi connectivity index (χ0v) is 21.6. The number of alkyl carbamates (subject to hydrolysis) is 1. The molecule has 4 N–H and O–H groups in total. The van der Waals surface area contributed by atoms with Crippen molar-refractivity contribution in [1.29, 1.82) is 0 Å². The molecule has 0 bridgehead atoms. The van der Waals surface area contributed by atoms with E-state index in [0.29, 0.717) is 12.8 Å². The van der Waals surface area contributed by atoms with Gasteiger partial charge in [0.05, 0.1) is 18.9 Å². The summed E-state index contributed by atoms with van der Waals surface area (Å²) in [4.78, 5) is 57.3. The molecule has 0 spiro atoms. The number of nitrogens with one attached hydrogen (secondary N) is 3. The number of carbonyl (C=O) groups excluding carboxylic acids is 4. The van der Waals surface area contributed by atoms with Gasteiger partial charge in [-0.05, 0) is 24.7 Å². The minimum Gasteiger partial charge on any atom is -0.453 e. The van der Waals surface area contributed by atoms with Crippen LogP contribution in [0.5, 0.6) is 0 Å². The van der Waals surface area contributed by atoms with Crippen LogP contribution in [0.3, 0.4) is 0 Å². The molecule has 5 unspecified atom stereocenters. The maximum absolute atomic E-state index is 13.5. The second-order valence-electron chi connectivity index (χ2n) is 10.6. The summed E-state index contributed by atoms with van der Waals surface area (Å²) in [6.45, 7) is 8.66. The van der Waals surface area contributed by atoms with E-state index in [9.17, 15) is 32.9 Å². The molecule has 0 aromatic rings. The molecule has 14 heteroatoms. The molecular weight excluding hydrogens is 496 g/mol. The smallest absolute Gasteiger partial charge is 0.407 e. The SMILES string of the molecule is C=CC1CC1(NC(=O)C1CC(OO)CN1C(=O)C(NC(=O)OC)C(C)(C)C)C(=O)NS(=O)(=O)C1CC1. The molecule has 3 rings (SSSR count). The van der Waals surface area contributed by atoms with Gasteiger partial charge in [-0.3, -0.25) is 24.4 Å². The molecule has 202 valence electrons. The largest absolute Gasteiger partial charge is 0.453 e. The fourth-order valence-electron chi connectivity index (χ4n) is 4.38. The van der Waals surface area contributed by atoms with E-state index in [2.05, 4.69) is 31.6 Å². The van der Waals surface area contributed by atoms with Gasteiger partial charge in [0.1, 0.15) is 23.7 Å². The molecule has 3 fully saturated rings. The number of rotatable bonds is 9. The Balaban J connectivity index is 1.82. The van der Waals surface area contributed by atoms with Crippen LogP contribution >= 0.6 is 0 Å². The van der Waals surface area contributed by atoms with Gasteiger partial charge in [0.2, 0.25) is 21.8 Å². The third kappa shape index (κ3) is 5.65. The van der Waals surface area contributed by atoms with Gasteiger partial charge < -0.3 is 20.3 Å². The molecule has 3 aliphatic rings. The van der Waals surface area contributed by atoms with Crippen molar-refractivity contribution in [1.82, 2.24) is 20.3 Å². The van der Waals surface area contributed by atoms with E-state index in [1.54, 1.807) is 20.8 Å². The first kappa shape index (κ1) is 27.9. The minimum absolute atomic E-state index is 0.0833. The predicted octanol–water partition coefficient (Wildman–Crippen LogP) is -0.114. The van der Waals surface area contributed by atoms with Crippen LogP contribution in [-0.4, -0.2) is 85.0 Å². The molecule has 0 aromatic heterocycles. The lowest BCUT2D eigenvalue weighted by Gasteiger charge is -2.35. The van der Waals surface area contributed by atoms with E-state index in [-0.39, 0.29) is 19.4 Å². The Hall–Kier alpha value is -2.71. The quantitative estimate of drug-likeness (QED) is 0.180. The van der Waals surface area contributed by atoms with Gasteiger partial charge in [0.15, 0.2) is 0 Å². The molecule has 1 aliphatic heterocycles. The number of hydrogen-bond donors (Lipinski definition) is 4. The van der Waals surface area contributed by atoms with Crippen molar-refractivity contribution in [3.05, 3.63) is 12.7 Å². The lowest BCUT2D eigenvalue weighted by Crippen LogP contribution is -2.60. The van der Waals surface area contributed by atoms with Gasteiger partial charge in [-0.2, -0.15) is 0 Å². The van der Waals surface area contributed by atoms with Crippen molar-refractivity contribution >= 4 is 33.8 Å². The Morgan fingerprint density at radius 1 is 1.22 bits per heavy atom. The van der Waals surface area contributed by atoms with Crippen molar-refractivity contribution in [2.75, 3.05) is 13.7 Å². The second-order valence-corrected chi connectivity index (χ2v) is 12.5. The number of likely N-dealkylation sites (tertiary alicyclic amines) is 1. The zero-order chi connectivity index (χ0) is 27.1. The maximum Gasteiger partial charge on any atom is 0.407 e. The first-order valence-electron chi connectivity index (χ1n) is 11.7. The highest BCUT2D eigenvalue weighted by molar-refractivity contribution is 7.91. The summed E-state index contributed by atoms with van der Waals surface area (Å²) in [7, 11) is -2.70. The molecule has 0 radical (unpaired) electrons. The Labute approximate surface area is 209 Å².